The average molecular weight is 282 g/mol. The van der Waals surface area contributed by atoms with Crippen molar-refractivity contribution in [2.24, 2.45) is 0 Å². The van der Waals surface area contributed by atoms with Crippen LogP contribution in [-0.4, -0.2) is 27.4 Å². The summed E-state index contributed by atoms with van der Waals surface area (Å²) in [6.07, 6.45) is 5.47. The molecule has 106 valence electrons. The normalized spacial score (nSPS) is 10.6. The van der Waals surface area contributed by atoms with Crippen LogP contribution in [0.3, 0.4) is 0 Å². The summed E-state index contributed by atoms with van der Waals surface area (Å²) in [5.41, 5.74) is 2.28. The number of amides is 1. The fourth-order valence-electron chi connectivity index (χ4n) is 2.12. The van der Waals surface area contributed by atoms with Crippen LogP contribution in [0.15, 0.2) is 42.9 Å². The van der Waals surface area contributed by atoms with Gasteiger partial charge in [0.2, 0.25) is 11.7 Å². The van der Waals surface area contributed by atoms with Crippen LogP contribution in [0, 0.1) is 0 Å². The Bertz CT molecular complexity index is 777. The summed E-state index contributed by atoms with van der Waals surface area (Å²) in [6.45, 7) is 1.46. The van der Waals surface area contributed by atoms with Gasteiger partial charge in [-0.05, 0) is 24.3 Å². The maximum atomic E-state index is 11.3. The minimum Gasteiger partial charge on any atom is -0.495 e. The highest BCUT2D eigenvalue weighted by Gasteiger charge is 2.10. The van der Waals surface area contributed by atoms with E-state index in [4.69, 9.17) is 4.74 Å². The molecule has 0 radical (unpaired) electrons. The molecule has 6 heteroatoms. The molecular formula is C15H14N4O2. The minimum absolute atomic E-state index is 0.151. The smallest absolute Gasteiger partial charge is 0.234 e. The van der Waals surface area contributed by atoms with Gasteiger partial charge in [-0.25, -0.2) is 9.97 Å². The zero-order valence-electron chi connectivity index (χ0n) is 11.7. The van der Waals surface area contributed by atoms with Crippen molar-refractivity contribution in [3.8, 4) is 17.0 Å². The number of ether oxygens (including phenoxy) is 1. The van der Waals surface area contributed by atoms with Crippen molar-refractivity contribution in [2.75, 3.05) is 12.4 Å². The van der Waals surface area contributed by atoms with Crippen LogP contribution in [0.25, 0.3) is 17.0 Å². The Kier molecular flexibility index (Phi) is 3.27. The summed E-state index contributed by atoms with van der Waals surface area (Å²) in [6, 6.07) is 7.38. The lowest BCUT2D eigenvalue weighted by Crippen LogP contribution is -2.07. The lowest BCUT2D eigenvalue weighted by Gasteiger charge is -2.10. The van der Waals surface area contributed by atoms with Crippen molar-refractivity contribution in [2.45, 2.75) is 6.92 Å². The molecule has 1 amide bonds. The molecule has 0 unspecified atom stereocenters. The van der Waals surface area contributed by atoms with E-state index in [1.165, 1.54) is 6.92 Å². The molecule has 0 atom stereocenters. The summed E-state index contributed by atoms with van der Waals surface area (Å²) < 4.78 is 7.09. The van der Waals surface area contributed by atoms with E-state index in [2.05, 4.69) is 15.3 Å². The molecule has 0 saturated carbocycles. The molecule has 0 aliphatic rings. The number of rotatable bonds is 3. The molecule has 0 saturated heterocycles. The Morgan fingerprint density at radius 2 is 2.24 bits per heavy atom. The SMILES string of the molecule is COc1ccc(-c2cn3cccnc3n2)cc1NC(C)=O. The van der Waals surface area contributed by atoms with Gasteiger partial charge < -0.3 is 10.1 Å². The lowest BCUT2D eigenvalue weighted by atomic mass is 10.1. The van der Waals surface area contributed by atoms with E-state index in [9.17, 15) is 4.79 Å². The molecule has 1 aromatic carbocycles. The van der Waals surface area contributed by atoms with Gasteiger partial charge >= 0.3 is 0 Å². The zero-order valence-corrected chi connectivity index (χ0v) is 11.7. The molecule has 1 N–H and O–H groups in total. The lowest BCUT2D eigenvalue weighted by molar-refractivity contribution is -0.114. The molecule has 6 nitrogen and oxygen atoms in total. The van der Waals surface area contributed by atoms with E-state index in [-0.39, 0.29) is 5.91 Å². The van der Waals surface area contributed by atoms with Crippen LogP contribution in [-0.2, 0) is 4.79 Å². The van der Waals surface area contributed by atoms with E-state index < -0.39 is 0 Å². The third kappa shape index (κ3) is 2.55. The molecule has 0 fully saturated rings. The number of hydrogen-bond acceptors (Lipinski definition) is 4. The molecule has 3 rings (SSSR count). The van der Waals surface area contributed by atoms with E-state index in [1.807, 2.05) is 35.0 Å². The van der Waals surface area contributed by atoms with Gasteiger partial charge in [0.25, 0.3) is 0 Å². The Labute approximate surface area is 121 Å². The molecule has 21 heavy (non-hydrogen) atoms. The van der Waals surface area contributed by atoms with Crippen LogP contribution >= 0.6 is 0 Å². The maximum absolute atomic E-state index is 11.3. The number of methoxy groups -OCH3 is 1. The topological polar surface area (TPSA) is 68.5 Å². The first kappa shape index (κ1) is 13.1. The summed E-state index contributed by atoms with van der Waals surface area (Å²) >= 11 is 0. The number of carbonyl (C=O) groups excluding carboxylic acids is 1. The van der Waals surface area contributed by atoms with Crippen LogP contribution in [0.2, 0.25) is 0 Å². The fourth-order valence-corrected chi connectivity index (χ4v) is 2.12. The van der Waals surface area contributed by atoms with Gasteiger partial charge in [-0.1, -0.05) is 0 Å². The monoisotopic (exact) mass is 282 g/mol. The molecule has 2 aromatic heterocycles. The van der Waals surface area contributed by atoms with Gasteiger partial charge in [0, 0.05) is 31.1 Å². The molecule has 0 aliphatic carbocycles. The Morgan fingerprint density at radius 1 is 1.38 bits per heavy atom. The maximum Gasteiger partial charge on any atom is 0.234 e. The quantitative estimate of drug-likeness (QED) is 0.800. The first-order chi connectivity index (χ1) is 10.2. The first-order valence-electron chi connectivity index (χ1n) is 6.43. The van der Waals surface area contributed by atoms with E-state index in [0.29, 0.717) is 17.2 Å². The third-order valence-corrected chi connectivity index (χ3v) is 3.04. The summed E-state index contributed by atoms with van der Waals surface area (Å²) in [4.78, 5) is 19.9. The predicted octanol–water partition coefficient (Wildman–Crippen LogP) is 2.36. The Balaban J connectivity index is 2.07. The highest BCUT2D eigenvalue weighted by Crippen LogP contribution is 2.30. The van der Waals surface area contributed by atoms with Crippen molar-refractivity contribution in [1.29, 1.82) is 0 Å². The van der Waals surface area contributed by atoms with Crippen LogP contribution in [0.1, 0.15) is 6.92 Å². The number of benzene rings is 1. The first-order valence-corrected chi connectivity index (χ1v) is 6.43. The number of aromatic nitrogens is 3. The highest BCUT2D eigenvalue weighted by molar-refractivity contribution is 5.91. The van der Waals surface area contributed by atoms with Crippen molar-refractivity contribution < 1.29 is 9.53 Å². The standard InChI is InChI=1S/C15H14N4O2/c1-10(20)17-12-8-11(4-5-14(12)21-2)13-9-19-7-3-6-16-15(19)18-13/h3-9H,1-2H3,(H,17,20). The second-order valence-electron chi connectivity index (χ2n) is 4.55. The van der Waals surface area contributed by atoms with Gasteiger partial charge in [-0.3, -0.25) is 9.20 Å². The number of hydrogen-bond donors (Lipinski definition) is 1. The van der Waals surface area contributed by atoms with Crippen molar-refractivity contribution >= 4 is 17.4 Å². The molecule has 2 heterocycles. The second kappa shape index (κ2) is 5.24. The highest BCUT2D eigenvalue weighted by atomic mass is 16.5. The van der Waals surface area contributed by atoms with Crippen molar-refractivity contribution in [3.05, 3.63) is 42.9 Å². The molecule has 0 aliphatic heterocycles. The van der Waals surface area contributed by atoms with Crippen LogP contribution in [0.5, 0.6) is 5.75 Å². The average Bonchev–Trinajstić information content (AvgIpc) is 2.90. The van der Waals surface area contributed by atoms with Crippen molar-refractivity contribution in [1.82, 2.24) is 14.4 Å². The van der Waals surface area contributed by atoms with Crippen LogP contribution in [0.4, 0.5) is 5.69 Å². The number of nitrogens with one attached hydrogen (secondary N) is 1. The second-order valence-corrected chi connectivity index (χ2v) is 4.55. The van der Waals surface area contributed by atoms with Gasteiger partial charge in [0.1, 0.15) is 5.75 Å². The minimum atomic E-state index is -0.151. The predicted molar refractivity (Wildman–Crippen MR) is 79.3 cm³/mol. The van der Waals surface area contributed by atoms with Gasteiger partial charge in [-0.2, -0.15) is 0 Å². The fraction of sp³-hybridized carbons (Fsp3) is 0.133. The number of anilines is 1. The largest absolute Gasteiger partial charge is 0.495 e. The number of imidazole rings is 1. The summed E-state index contributed by atoms with van der Waals surface area (Å²) in [7, 11) is 1.56. The van der Waals surface area contributed by atoms with Crippen molar-refractivity contribution in [3.63, 3.8) is 0 Å². The Morgan fingerprint density at radius 3 is 2.95 bits per heavy atom. The van der Waals surface area contributed by atoms with Gasteiger partial charge in [0.05, 0.1) is 18.5 Å². The Hall–Kier alpha value is -2.89. The third-order valence-electron chi connectivity index (χ3n) is 3.04. The number of nitrogens with zero attached hydrogens (tertiary/aromatic N) is 3. The zero-order chi connectivity index (χ0) is 14.8. The van der Waals surface area contributed by atoms with Crippen LogP contribution < -0.4 is 10.1 Å². The van der Waals surface area contributed by atoms with E-state index in [1.54, 1.807) is 19.4 Å². The molecule has 3 aromatic rings. The van der Waals surface area contributed by atoms with E-state index in [0.717, 1.165) is 11.3 Å². The van der Waals surface area contributed by atoms with Gasteiger partial charge in [-0.15, -0.1) is 0 Å². The van der Waals surface area contributed by atoms with E-state index >= 15 is 0 Å². The molecule has 0 spiro atoms. The molecular weight excluding hydrogens is 268 g/mol. The summed E-state index contributed by atoms with van der Waals surface area (Å²) in [5.74, 6) is 1.09. The molecule has 0 bridgehead atoms. The van der Waals surface area contributed by atoms with Gasteiger partial charge in [0.15, 0.2) is 0 Å². The summed E-state index contributed by atoms with van der Waals surface area (Å²) in [5, 5.41) is 2.75. The number of carbonyl (C=O) groups is 1. The number of fused-ring (bicyclic) bond motifs is 1.